The van der Waals surface area contributed by atoms with Crippen LogP contribution in [0.4, 0.5) is 0 Å². The van der Waals surface area contributed by atoms with Crippen LogP contribution in [-0.2, 0) is 4.79 Å². The summed E-state index contributed by atoms with van der Waals surface area (Å²) in [6, 6.07) is 12.6. The number of carboxylic acid groups (broad SMARTS) is 1. The second-order valence-corrected chi connectivity index (χ2v) is 7.07. The minimum atomic E-state index is -1.05. The standard InChI is InChI=1S/C22H24N2O5/c1-15-12-18(13-16(2)20(15)29-14-19(25)26)22(28)24-10-8-23(9-11-24)21(27)17-6-4-3-5-7-17/h3-7,12-13H,8-11,14H2,1-2H3,(H,25,26). The highest BCUT2D eigenvalue weighted by Crippen LogP contribution is 2.26. The lowest BCUT2D eigenvalue weighted by Gasteiger charge is -2.35. The molecule has 2 aromatic carbocycles. The Kier molecular flexibility index (Phi) is 6.16. The summed E-state index contributed by atoms with van der Waals surface area (Å²) in [4.78, 5) is 39.7. The number of hydrogen-bond acceptors (Lipinski definition) is 4. The van der Waals surface area contributed by atoms with Gasteiger partial charge in [-0.2, -0.15) is 0 Å². The third-order valence-corrected chi connectivity index (χ3v) is 4.92. The van der Waals surface area contributed by atoms with Gasteiger partial charge in [-0.05, 0) is 49.2 Å². The van der Waals surface area contributed by atoms with Crippen molar-refractivity contribution in [3.05, 3.63) is 64.7 Å². The number of hydrogen-bond donors (Lipinski definition) is 1. The van der Waals surface area contributed by atoms with Crippen molar-refractivity contribution in [2.24, 2.45) is 0 Å². The molecule has 0 aliphatic carbocycles. The minimum absolute atomic E-state index is 0.0238. The summed E-state index contributed by atoms with van der Waals surface area (Å²) in [5.41, 5.74) is 2.61. The molecule has 0 radical (unpaired) electrons. The Morgan fingerprint density at radius 3 is 1.83 bits per heavy atom. The molecular formula is C22H24N2O5. The van der Waals surface area contributed by atoms with Gasteiger partial charge < -0.3 is 19.6 Å². The summed E-state index contributed by atoms with van der Waals surface area (Å²) >= 11 is 0. The largest absolute Gasteiger partial charge is 0.481 e. The first kappa shape index (κ1) is 20.4. The van der Waals surface area contributed by atoms with Crippen molar-refractivity contribution < 1.29 is 24.2 Å². The van der Waals surface area contributed by atoms with Gasteiger partial charge in [0, 0.05) is 37.3 Å². The molecule has 3 rings (SSSR count). The van der Waals surface area contributed by atoms with Crippen LogP contribution in [0.2, 0.25) is 0 Å². The van der Waals surface area contributed by atoms with Gasteiger partial charge in [-0.3, -0.25) is 9.59 Å². The van der Waals surface area contributed by atoms with Crippen molar-refractivity contribution >= 4 is 17.8 Å². The van der Waals surface area contributed by atoms with E-state index in [2.05, 4.69) is 0 Å². The van der Waals surface area contributed by atoms with Crippen molar-refractivity contribution in [2.75, 3.05) is 32.8 Å². The van der Waals surface area contributed by atoms with E-state index in [4.69, 9.17) is 9.84 Å². The van der Waals surface area contributed by atoms with Gasteiger partial charge in [0.15, 0.2) is 6.61 Å². The number of ether oxygens (including phenoxy) is 1. The lowest BCUT2D eigenvalue weighted by atomic mass is 10.0. The molecule has 7 nitrogen and oxygen atoms in total. The number of carboxylic acids is 1. The van der Waals surface area contributed by atoms with Crippen LogP contribution >= 0.6 is 0 Å². The van der Waals surface area contributed by atoms with Crippen molar-refractivity contribution in [3.8, 4) is 5.75 Å². The van der Waals surface area contributed by atoms with Crippen LogP contribution in [0.3, 0.4) is 0 Å². The Hall–Kier alpha value is -3.35. The molecule has 2 amide bonds. The van der Waals surface area contributed by atoms with E-state index in [1.807, 2.05) is 18.2 Å². The van der Waals surface area contributed by atoms with Crippen LogP contribution in [0.25, 0.3) is 0 Å². The molecule has 0 aromatic heterocycles. The first-order valence-electron chi connectivity index (χ1n) is 9.46. The highest BCUT2D eigenvalue weighted by Gasteiger charge is 2.26. The van der Waals surface area contributed by atoms with Crippen molar-refractivity contribution in [1.29, 1.82) is 0 Å². The lowest BCUT2D eigenvalue weighted by molar-refractivity contribution is -0.139. The fourth-order valence-electron chi connectivity index (χ4n) is 3.49. The van der Waals surface area contributed by atoms with Crippen LogP contribution < -0.4 is 4.74 Å². The topological polar surface area (TPSA) is 87.2 Å². The molecule has 0 atom stereocenters. The Balaban J connectivity index is 1.65. The summed E-state index contributed by atoms with van der Waals surface area (Å²) in [6.07, 6.45) is 0. The number of benzene rings is 2. The van der Waals surface area contributed by atoms with Gasteiger partial charge in [-0.15, -0.1) is 0 Å². The maximum atomic E-state index is 12.9. The number of amides is 2. The molecule has 1 aliphatic rings. The number of carbonyl (C=O) groups excluding carboxylic acids is 2. The van der Waals surface area contributed by atoms with Gasteiger partial charge in [0.05, 0.1) is 0 Å². The summed E-state index contributed by atoms with van der Waals surface area (Å²) < 4.78 is 5.32. The van der Waals surface area contributed by atoms with Gasteiger partial charge in [-0.1, -0.05) is 18.2 Å². The molecule has 7 heteroatoms. The SMILES string of the molecule is Cc1cc(C(=O)N2CCN(C(=O)c3ccccc3)CC2)cc(C)c1OCC(=O)O. The first-order chi connectivity index (χ1) is 13.9. The predicted octanol–water partition coefficient (Wildman–Crippen LogP) is 2.37. The van der Waals surface area contributed by atoms with Crippen LogP contribution in [-0.4, -0.2) is 65.5 Å². The fourth-order valence-corrected chi connectivity index (χ4v) is 3.49. The predicted molar refractivity (Wildman–Crippen MR) is 107 cm³/mol. The van der Waals surface area contributed by atoms with Gasteiger partial charge >= 0.3 is 5.97 Å². The van der Waals surface area contributed by atoms with E-state index in [1.54, 1.807) is 47.9 Å². The van der Waals surface area contributed by atoms with Crippen LogP contribution in [0.5, 0.6) is 5.75 Å². The van der Waals surface area contributed by atoms with E-state index in [-0.39, 0.29) is 11.8 Å². The minimum Gasteiger partial charge on any atom is -0.481 e. The maximum Gasteiger partial charge on any atom is 0.341 e. The van der Waals surface area contributed by atoms with Crippen LogP contribution in [0.1, 0.15) is 31.8 Å². The van der Waals surface area contributed by atoms with Gasteiger partial charge in [0.1, 0.15) is 5.75 Å². The zero-order valence-electron chi connectivity index (χ0n) is 16.6. The van der Waals surface area contributed by atoms with Gasteiger partial charge in [0.25, 0.3) is 11.8 Å². The maximum absolute atomic E-state index is 12.9. The molecule has 1 fully saturated rings. The molecule has 0 spiro atoms. The smallest absolute Gasteiger partial charge is 0.341 e. The van der Waals surface area contributed by atoms with Crippen molar-refractivity contribution in [1.82, 2.24) is 9.80 Å². The molecule has 1 aliphatic heterocycles. The molecule has 29 heavy (non-hydrogen) atoms. The number of piperazine rings is 1. The highest BCUT2D eigenvalue weighted by molar-refractivity contribution is 5.96. The average molecular weight is 396 g/mol. The molecule has 0 unspecified atom stereocenters. The van der Waals surface area contributed by atoms with Crippen LogP contribution in [0, 0.1) is 13.8 Å². The first-order valence-corrected chi connectivity index (χ1v) is 9.46. The summed E-state index contributed by atoms with van der Waals surface area (Å²) in [5.74, 6) is -0.689. The van der Waals surface area contributed by atoms with E-state index in [0.717, 1.165) is 0 Å². The molecule has 0 saturated carbocycles. The molecule has 0 bridgehead atoms. The Bertz CT molecular complexity index is 895. The summed E-state index contributed by atoms with van der Waals surface area (Å²) in [7, 11) is 0. The van der Waals surface area contributed by atoms with Crippen molar-refractivity contribution in [2.45, 2.75) is 13.8 Å². The summed E-state index contributed by atoms with van der Waals surface area (Å²) in [5, 5.41) is 8.79. The molecule has 1 heterocycles. The fraction of sp³-hybridized carbons (Fsp3) is 0.318. The lowest BCUT2D eigenvalue weighted by Crippen LogP contribution is -2.50. The number of rotatable bonds is 5. The Morgan fingerprint density at radius 2 is 1.34 bits per heavy atom. The second kappa shape index (κ2) is 8.77. The average Bonchev–Trinajstić information content (AvgIpc) is 2.72. The second-order valence-electron chi connectivity index (χ2n) is 7.07. The molecule has 2 aromatic rings. The molecule has 152 valence electrons. The van der Waals surface area contributed by atoms with Gasteiger partial charge in [0.2, 0.25) is 0 Å². The zero-order chi connectivity index (χ0) is 21.0. The number of carbonyl (C=O) groups is 3. The normalized spacial score (nSPS) is 13.9. The summed E-state index contributed by atoms with van der Waals surface area (Å²) in [6.45, 7) is 5.05. The number of nitrogens with zero attached hydrogens (tertiary/aromatic N) is 2. The van der Waals surface area contributed by atoms with Gasteiger partial charge in [-0.25, -0.2) is 4.79 Å². The molecule has 1 saturated heterocycles. The molecular weight excluding hydrogens is 372 g/mol. The Labute approximate surface area is 169 Å². The van der Waals surface area contributed by atoms with E-state index in [0.29, 0.717) is 54.2 Å². The van der Waals surface area contributed by atoms with Crippen molar-refractivity contribution in [3.63, 3.8) is 0 Å². The van der Waals surface area contributed by atoms with E-state index in [9.17, 15) is 14.4 Å². The van der Waals surface area contributed by atoms with E-state index in [1.165, 1.54) is 0 Å². The zero-order valence-corrected chi connectivity index (χ0v) is 16.6. The highest BCUT2D eigenvalue weighted by atomic mass is 16.5. The molecule has 1 N–H and O–H groups in total. The number of aryl methyl sites for hydroxylation is 2. The Morgan fingerprint density at radius 1 is 0.862 bits per heavy atom. The monoisotopic (exact) mass is 396 g/mol. The third-order valence-electron chi connectivity index (χ3n) is 4.92. The third kappa shape index (κ3) is 4.74. The van der Waals surface area contributed by atoms with E-state index >= 15 is 0 Å². The number of aliphatic carboxylic acids is 1. The van der Waals surface area contributed by atoms with Crippen LogP contribution in [0.15, 0.2) is 42.5 Å². The van der Waals surface area contributed by atoms with E-state index < -0.39 is 12.6 Å². The quantitative estimate of drug-likeness (QED) is 0.838.